The van der Waals surface area contributed by atoms with E-state index >= 15 is 0 Å². The Morgan fingerprint density at radius 2 is 2.18 bits per heavy atom. The normalized spacial score (nSPS) is 10.5. The Kier molecular flexibility index (Phi) is 4.09. The maximum Gasteiger partial charge on any atom is 0.131 e. The highest BCUT2D eigenvalue weighted by Crippen LogP contribution is 2.24. The third-order valence-electron chi connectivity index (χ3n) is 2.42. The van der Waals surface area contributed by atoms with Crippen LogP contribution in [0, 0.1) is 0 Å². The highest BCUT2D eigenvalue weighted by molar-refractivity contribution is 7.13. The lowest BCUT2D eigenvalue weighted by Crippen LogP contribution is -2.05. The van der Waals surface area contributed by atoms with E-state index in [0.29, 0.717) is 0 Å². The summed E-state index contributed by atoms with van der Waals surface area (Å²) in [5.41, 5.74) is 1.02. The van der Waals surface area contributed by atoms with Crippen LogP contribution in [0.15, 0.2) is 23.6 Å². The predicted octanol–water partition coefficient (Wildman–Crippen LogP) is 3.59. The molecule has 0 radical (unpaired) electrons. The third kappa shape index (κ3) is 3.03. The molecular formula is C13H17N3S. The van der Waals surface area contributed by atoms with Crippen molar-refractivity contribution in [3.63, 3.8) is 0 Å². The number of nitrogens with zero attached hydrogens (tertiary/aromatic N) is 2. The van der Waals surface area contributed by atoms with Gasteiger partial charge in [-0.05, 0) is 17.9 Å². The molecule has 0 aliphatic heterocycles. The minimum absolute atomic E-state index is 0.861. The van der Waals surface area contributed by atoms with Gasteiger partial charge in [0.25, 0.3) is 0 Å². The van der Waals surface area contributed by atoms with E-state index in [1.807, 2.05) is 12.1 Å². The molecule has 2 rings (SSSR count). The smallest absolute Gasteiger partial charge is 0.131 e. The van der Waals surface area contributed by atoms with Gasteiger partial charge in [-0.25, -0.2) is 9.97 Å². The fourth-order valence-corrected chi connectivity index (χ4v) is 2.24. The minimum Gasteiger partial charge on any atom is -0.370 e. The topological polar surface area (TPSA) is 37.8 Å². The van der Waals surface area contributed by atoms with Crippen molar-refractivity contribution in [3.8, 4) is 10.6 Å². The quantitative estimate of drug-likeness (QED) is 0.877. The molecule has 0 fully saturated rings. The molecule has 0 aromatic carbocycles. The number of thiophene rings is 1. The zero-order valence-electron chi connectivity index (χ0n) is 10.2. The van der Waals surface area contributed by atoms with Crippen LogP contribution in [-0.4, -0.2) is 16.5 Å². The highest BCUT2D eigenvalue weighted by atomic mass is 32.1. The highest BCUT2D eigenvalue weighted by Gasteiger charge is 2.06. The maximum absolute atomic E-state index is 4.56. The second kappa shape index (κ2) is 5.77. The molecule has 0 spiro atoms. The van der Waals surface area contributed by atoms with E-state index in [1.54, 1.807) is 11.3 Å². The second-order valence-electron chi connectivity index (χ2n) is 3.81. The van der Waals surface area contributed by atoms with Gasteiger partial charge in [0.2, 0.25) is 0 Å². The molecule has 0 unspecified atom stereocenters. The van der Waals surface area contributed by atoms with Gasteiger partial charge in [0.05, 0.1) is 10.6 Å². The molecule has 2 aromatic heterocycles. The van der Waals surface area contributed by atoms with Gasteiger partial charge in [-0.15, -0.1) is 11.3 Å². The van der Waals surface area contributed by atoms with Gasteiger partial charge < -0.3 is 5.32 Å². The summed E-state index contributed by atoms with van der Waals surface area (Å²) in [5.74, 6) is 1.83. The van der Waals surface area contributed by atoms with Crippen molar-refractivity contribution in [1.29, 1.82) is 0 Å². The average Bonchev–Trinajstić information content (AvgIpc) is 2.89. The average molecular weight is 247 g/mol. The van der Waals surface area contributed by atoms with Crippen LogP contribution >= 0.6 is 11.3 Å². The number of aryl methyl sites for hydroxylation is 1. The first-order chi connectivity index (χ1) is 8.33. The number of rotatable bonds is 5. The largest absolute Gasteiger partial charge is 0.370 e. The van der Waals surface area contributed by atoms with Gasteiger partial charge in [0.1, 0.15) is 11.6 Å². The van der Waals surface area contributed by atoms with E-state index in [2.05, 4.69) is 40.6 Å². The molecule has 0 saturated carbocycles. The number of aromatic nitrogens is 2. The van der Waals surface area contributed by atoms with Crippen LogP contribution in [0.4, 0.5) is 5.82 Å². The summed E-state index contributed by atoms with van der Waals surface area (Å²) in [4.78, 5) is 10.2. The molecule has 90 valence electrons. The first kappa shape index (κ1) is 12.0. The van der Waals surface area contributed by atoms with Gasteiger partial charge in [0, 0.05) is 19.0 Å². The summed E-state index contributed by atoms with van der Waals surface area (Å²) >= 11 is 1.71. The molecule has 0 aliphatic rings. The lowest BCUT2D eigenvalue weighted by Gasteiger charge is -2.07. The number of hydrogen-bond donors (Lipinski definition) is 1. The van der Waals surface area contributed by atoms with Gasteiger partial charge >= 0.3 is 0 Å². The van der Waals surface area contributed by atoms with Crippen molar-refractivity contribution in [1.82, 2.24) is 9.97 Å². The van der Waals surface area contributed by atoms with Crippen molar-refractivity contribution in [2.45, 2.75) is 26.7 Å². The molecule has 1 N–H and O–H groups in total. The Hall–Kier alpha value is -1.42. The van der Waals surface area contributed by atoms with Crippen LogP contribution < -0.4 is 5.32 Å². The zero-order chi connectivity index (χ0) is 12.1. The van der Waals surface area contributed by atoms with Crippen molar-refractivity contribution in [2.24, 2.45) is 0 Å². The summed E-state index contributed by atoms with van der Waals surface area (Å²) in [5, 5.41) is 5.40. The standard InChI is InChI=1S/C13H17N3S/c1-3-7-14-13-9-10(11-6-5-8-17-11)15-12(4-2)16-13/h5-6,8-9H,3-4,7H2,1-2H3,(H,14,15,16). The van der Waals surface area contributed by atoms with Crippen LogP contribution in [0.2, 0.25) is 0 Å². The molecule has 17 heavy (non-hydrogen) atoms. The molecule has 0 aliphatic carbocycles. The molecule has 3 nitrogen and oxygen atoms in total. The number of hydrogen-bond acceptors (Lipinski definition) is 4. The fourth-order valence-electron chi connectivity index (χ4n) is 1.55. The second-order valence-corrected chi connectivity index (χ2v) is 4.76. The molecule has 0 bridgehead atoms. The Balaban J connectivity index is 2.32. The van der Waals surface area contributed by atoms with Crippen LogP contribution in [0.1, 0.15) is 26.1 Å². The summed E-state index contributed by atoms with van der Waals surface area (Å²) < 4.78 is 0. The van der Waals surface area contributed by atoms with E-state index in [4.69, 9.17) is 0 Å². The molecule has 0 saturated heterocycles. The minimum atomic E-state index is 0.861. The van der Waals surface area contributed by atoms with Gasteiger partial charge in [-0.3, -0.25) is 0 Å². The summed E-state index contributed by atoms with van der Waals surface area (Å²) in [6.07, 6.45) is 1.96. The Labute approximate surface area is 106 Å². The van der Waals surface area contributed by atoms with Gasteiger partial charge in [0.15, 0.2) is 0 Å². The van der Waals surface area contributed by atoms with Crippen LogP contribution in [0.25, 0.3) is 10.6 Å². The van der Waals surface area contributed by atoms with Crippen LogP contribution in [0.5, 0.6) is 0 Å². The van der Waals surface area contributed by atoms with Gasteiger partial charge in [-0.2, -0.15) is 0 Å². The van der Waals surface area contributed by atoms with Crippen molar-refractivity contribution in [2.75, 3.05) is 11.9 Å². The SMILES string of the molecule is CCCNc1cc(-c2cccs2)nc(CC)n1. The van der Waals surface area contributed by atoms with Crippen LogP contribution in [0.3, 0.4) is 0 Å². The third-order valence-corrected chi connectivity index (χ3v) is 3.31. The zero-order valence-corrected chi connectivity index (χ0v) is 11.0. The summed E-state index contributed by atoms with van der Waals surface area (Å²) in [6, 6.07) is 6.17. The van der Waals surface area contributed by atoms with Crippen LogP contribution in [-0.2, 0) is 6.42 Å². The maximum atomic E-state index is 4.56. The summed E-state index contributed by atoms with van der Waals surface area (Å²) in [6.45, 7) is 5.18. The van der Waals surface area contributed by atoms with E-state index in [1.165, 1.54) is 4.88 Å². The Bertz CT molecular complexity index is 466. The monoisotopic (exact) mass is 247 g/mol. The van der Waals surface area contributed by atoms with E-state index < -0.39 is 0 Å². The molecule has 2 heterocycles. The molecular weight excluding hydrogens is 230 g/mol. The predicted molar refractivity (Wildman–Crippen MR) is 73.5 cm³/mol. The van der Waals surface area contributed by atoms with E-state index in [0.717, 1.165) is 36.7 Å². The van der Waals surface area contributed by atoms with E-state index in [9.17, 15) is 0 Å². The fraction of sp³-hybridized carbons (Fsp3) is 0.385. The first-order valence-corrected chi connectivity index (χ1v) is 6.87. The Morgan fingerprint density at radius 1 is 1.29 bits per heavy atom. The lowest BCUT2D eigenvalue weighted by atomic mass is 10.3. The number of nitrogens with one attached hydrogen (secondary N) is 1. The number of anilines is 1. The van der Waals surface area contributed by atoms with Crippen molar-refractivity contribution < 1.29 is 0 Å². The lowest BCUT2D eigenvalue weighted by molar-refractivity contribution is 0.920. The molecule has 0 amide bonds. The molecule has 0 atom stereocenters. The molecule has 2 aromatic rings. The summed E-state index contributed by atoms with van der Waals surface area (Å²) in [7, 11) is 0. The van der Waals surface area contributed by atoms with Crippen molar-refractivity contribution in [3.05, 3.63) is 29.4 Å². The molecule has 4 heteroatoms. The first-order valence-electron chi connectivity index (χ1n) is 5.99. The Morgan fingerprint density at radius 3 is 2.82 bits per heavy atom. The van der Waals surface area contributed by atoms with Gasteiger partial charge in [-0.1, -0.05) is 19.9 Å². The van der Waals surface area contributed by atoms with E-state index in [-0.39, 0.29) is 0 Å². The van der Waals surface area contributed by atoms with Crippen molar-refractivity contribution >= 4 is 17.2 Å².